The Labute approximate surface area is 132 Å². The number of methoxy groups -OCH3 is 2. The van der Waals surface area contributed by atoms with E-state index in [2.05, 4.69) is 21.9 Å². The van der Waals surface area contributed by atoms with Crippen LogP contribution >= 0.6 is 0 Å². The van der Waals surface area contributed by atoms with Gasteiger partial charge in [0.05, 0.1) is 33.9 Å². The van der Waals surface area contributed by atoms with Crippen LogP contribution in [-0.4, -0.2) is 56.1 Å². The van der Waals surface area contributed by atoms with E-state index in [1.54, 1.807) is 14.2 Å². The number of quaternary nitrogens is 1. The molecule has 2 rings (SSSR count). The van der Waals surface area contributed by atoms with Crippen molar-refractivity contribution in [2.24, 2.45) is 0 Å². The van der Waals surface area contributed by atoms with Crippen LogP contribution in [0.3, 0.4) is 0 Å². The maximum Gasteiger partial charge on any atom is 0.673 e. The monoisotopic (exact) mass is 340 g/mol. The Bertz CT molecular complexity index is 470. The van der Waals surface area contributed by atoms with E-state index in [1.165, 1.54) is 19.3 Å². The SMILES string of the molecule is CC[N+]1(c2nc(OC)nc(OC)n2)CCCCC1.F[B-](F)(F)F. The van der Waals surface area contributed by atoms with Crippen LogP contribution in [0, 0.1) is 0 Å². The Balaban J connectivity index is 0.000000463. The number of hydrogen-bond acceptors (Lipinski definition) is 5. The molecule has 2 heterocycles. The van der Waals surface area contributed by atoms with Crippen LogP contribution < -0.4 is 14.0 Å². The molecule has 6 nitrogen and oxygen atoms in total. The van der Waals surface area contributed by atoms with E-state index in [4.69, 9.17) is 9.47 Å². The molecule has 1 aliphatic heterocycles. The van der Waals surface area contributed by atoms with Crippen molar-refractivity contribution in [2.75, 3.05) is 33.9 Å². The summed E-state index contributed by atoms with van der Waals surface area (Å²) in [5, 5.41) is 0. The first kappa shape index (κ1) is 19.4. The van der Waals surface area contributed by atoms with Crippen LogP contribution in [0.15, 0.2) is 0 Å². The molecule has 0 saturated carbocycles. The van der Waals surface area contributed by atoms with Gasteiger partial charge in [0.25, 0.3) is 0 Å². The van der Waals surface area contributed by atoms with Gasteiger partial charge in [-0.1, -0.05) is 0 Å². The fourth-order valence-electron chi connectivity index (χ4n) is 2.50. The molecule has 0 aromatic carbocycles. The van der Waals surface area contributed by atoms with Crippen LogP contribution in [0.25, 0.3) is 0 Å². The lowest BCUT2D eigenvalue weighted by Crippen LogP contribution is -2.53. The van der Waals surface area contributed by atoms with E-state index in [0.717, 1.165) is 30.1 Å². The second-order valence-corrected chi connectivity index (χ2v) is 5.07. The minimum absolute atomic E-state index is 0.327. The molecule has 1 saturated heterocycles. The number of piperidine rings is 1. The van der Waals surface area contributed by atoms with Gasteiger partial charge in [-0.25, -0.2) is 0 Å². The number of aromatic nitrogens is 3. The second-order valence-electron chi connectivity index (χ2n) is 5.07. The lowest BCUT2D eigenvalue weighted by atomic mass is 10.1. The molecule has 0 unspecified atom stereocenters. The summed E-state index contributed by atoms with van der Waals surface area (Å²) >= 11 is 0. The highest BCUT2D eigenvalue weighted by molar-refractivity contribution is 6.50. The van der Waals surface area contributed by atoms with E-state index in [0.29, 0.717) is 12.0 Å². The maximum atomic E-state index is 9.75. The van der Waals surface area contributed by atoms with E-state index in [9.17, 15) is 17.3 Å². The number of halogens is 4. The lowest BCUT2D eigenvalue weighted by molar-refractivity contribution is 0.220. The maximum absolute atomic E-state index is 9.75. The van der Waals surface area contributed by atoms with Crippen LogP contribution in [-0.2, 0) is 0 Å². The summed E-state index contributed by atoms with van der Waals surface area (Å²) in [5.74, 6) is 0.765. The zero-order valence-electron chi connectivity index (χ0n) is 13.4. The third-order valence-electron chi connectivity index (χ3n) is 3.65. The van der Waals surface area contributed by atoms with Gasteiger partial charge in [-0.2, -0.15) is 0 Å². The molecular weight excluding hydrogens is 319 g/mol. The van der Waals surface area contributed by atoms with Crippen LogP contribution in [0.4, 0.5) is 23.2 Å². The van der Waals surface area contributed by atoms with E-state index < -0.39 is 7.25 Å². The molecule has 1 fully saturated rings. The molecule has 0 amide bonds. The second kappa shape index (κ2) is 8.28. The van der Waals surface area contributed by atoms with Gasteiger partial charge in [0, 0.05) is 0 Å². The molecule has 0 radical (unpaired) electrons. The van der Waals surface area contributed by atoms with Gasteiger partial charge in [-0.3, -0.25) is 4.48 Å². The van der Waals surface area contributed by atoms with Gasteiger partial charge in [-0.15, -0.1) is 15.0 Å². The van der Waals surface area contributed by atoms with Crippen molar-refractivity contribution in [3.63, 3.8) is 0 Å². The fraction of sp³-hybridized carbons (Fsp3) is 0.750. The highest BCUT2D eigenvalue weighted by Crippen LogP contribution is 2.27. The average Bonchev–Trinajstić information content (AvgIpc) is 2.53. The standard InChI is InChI=1S/C12H21N4O2.BF4/c1-4-16(8-6-5-7-9-16)10-13-11(17-2)15-12(14-10)18-3;2-1(3,4)5/h4-9H2,1-3H3;/q+1;-1. The first-order chi connectivity index (χ1) is 10.7. The highest BCUT2D eigenvalue weighted by Gasteiger charge is 2.35. The molecule has 0 bridgehead atoms. The number of nitrogens with zero attached hydrogens (tertiary/aromatic N) is 4. The summed E-state index contributed by atoms with van der Waals surface area (Å²) in [6, 6.07) is 0.654. The Morgan fingerprint density at radius 2 is 1.35 bits per heavy atom. The summed E-state index contributed by atoms with van der Waals surface area (Å²) in [7, 11) is -2.88. The van der Waals surface area contributed by atoms with Gasteiger partial charge >= 0.3 is 25.2 Å². The zero-order chi connectivity index (χ0) is 17.5. The van der Waals surface area contributed by atoms with Crippen LogP contribution in [0.2, 0.25) is 0 Å². The molecule has 11 heteroatoms. The van der Waals surface area contributed by atoms with Gasteiger partial charge in [0.15, 0.2) is 0 Å². The van der Waals surface area contributed by atoms with Crippen LogP contribution in [0.5, 0.6) is 12.0 Å². The van der Waals surface area contributed by atoms with Crippen molar-refractivity contribution in [3.05, 3.63) is 0 Å². The lowest BCUT2D eigenvalue weighted by Gasteiger charge is -2.37. The molecule has 1 aliphatic rings. The Hall–Kier alpha value is -1.65. The Kier molecular flexibility index (Phi) is 6.98. The Morgan fingerprint density at radius 1 is 0.913 bits per heavy atom. The summed E-state index contributed by atoms with van der Waals surface area (Å²) in [6.45, 7) is 5.31. The fourth-order valence-corrected chi connectivity index (χ4v) is 2.50. The van der Waals surface area contributed by atoms with E-state index in [1.807, 2.05) is 0 Å². The zero-order valence-corrected chi connectivity index (χ0v) is 13.4. The predicted molar refractivity (Wildman–Crippen MR) is 79.0 cm³/mol. The number of ether oxygens (including phenoxy) is 2. The molecule has 0 atom stereocenters. The number of rotatable bonds is 4. The highest BCUT2D eigenvalue weighted by atomic mass is 19.5. The molecule has 1 aromatic heterocycles. The van der Waals surface area contributed by atoms with E-state index >= 15 is 0 Å². The first-order valence-electron chi connectivity index (χ1n) is 7.32. The molecule has 0 spiro atoms. The van der Waals surface area contributed by atoms with Gasteiger partial charge in [0.1, 0.15) is 0 Å². The molecular formula is C12H21BF4N4O2. The third-order valence-corrected chi connectivity index (χ3v) is 3.65. The minimum Gasteiger partial charge on any atom is -0.466 e. The molecule has 0 N–H and O–H groups in total. The van der Waals surface area contributed by atoms with Crippen LogP contribution in [0.1, 0.15) is 26.2 Å². The smallest absolute Gasteiger partial charge is 0.466 e. The number of hydrogen-bond donors (Lipinski definition) is 0. The van der Waals surface area contributed by atoms with Crippen molar-refractivity contribution < 1.29 is 26.7 Å². The summed E-state index contributed by atoms with van der Waals surface area (Å²) in [4.78, 5) is 12.9. The van der Waals surface area contributed by atoms with Crippen molar-refractivity contribution >= 4 is 13.2 Å². The summed E-state index contributed by atoms with van der Waals surface area (Å²) in [5.41, 5.74) is 0. The predicted octanol–water partition coefficient (Wildman–Crippen LogP) is 2.70. The number of likely N-dealkylation sites (tertiary alicyclic amines) is 1. The Morgan fingerprint density at radius 3 is 1.70 bits per heavy atom. The van der Waals surface area contributed by atoms with Crippen molar-refractivity contribution in [3.8, 4) is 12.0 Å². The molecule has 132 valence electrons. The quantitative estimate of drug-likeness (QED) is 0.479. The summed E-state index contributed by atoms with van der Waals surface area (Å²) in [6.07, 6.45) is 3.72. The normalized spacial score (nSPS) is 17.0. The molecule has 1 aromatic rings. The third kappa shape index (κ3) is 6.16. The van der Waals surface area contributed by atoms with Crippen molar-refractivity contribution in [1.82, 2.24) is 19.4 Å². The van der Waals surface area contributed by atoms with Gasteiger partial charge < -0.3 is 26.7 Å². The summed E-state index contributed by atoms with van der Waals surface area (Å²) < 4.78 is 50.1. The molecule has 0 aliphatic carbocycles. The topological polar surface area (TPSA) is 57.1 Å². The molecule has 23 heavy (non-hydrogen) atoms. The van der Waals surface area contributed by atoms with Crippen molar-refractivity contribution in [2.45, 2.75) is 26.2 Å². The minimum atomic E-state index is -6.00. The van der Waals surface area contributed by atoms with E-state index in [-0.39, 0.29) is 0 Å². The van der Waals surface area contributed by atoms with Gasteiger partial charge in [-0.05, 0) is 26.2 Å². The first-order valence-corrected chi connectivity index (χ1v) is 7.32. The largest absolute Gasteiger partial charge is 0.673 e. The van der Waals surface area contributed by atoms with Gasteiger partial charge in [0.2, 0.25) is 0 Å². The average molecular weight is 340 g/mol. The van der Waals surface area contributed by atoms with Crippen molar-refractivity contribution in [1.29, 1.82) is 0 Å².